The Bertz CT molecular complexity index is 299. The molecule has 0 unspecified atom stereocenters. The summed E-state index contributed by atoms with van der Waals surface area (Å²) in [6, 6.07) is 10.2. The Morgan fingerprint density at radius 1 is 1.43 bits per heavy atom. The molecule has 0 fully saturated rings. The molecule has 14 heavy (non-hydrogen) atoms. The van der Waals surface area contributed by atoms with Gasteiger partial charge in [-0.3, -0.25) is 4.79 Å². The third-order valence-electron chi connectivity index (χ3n) is 2.31. The number of nitrogens with zero attached hydrogens (tertiary/aromatic N) is 1. The molecule has 0 saturated heterocycles. The topological polar surface area (TPSA) is 20.3 Å². The van der Waals surface area contributed by atoms with Crippen molar-refractivity contribution < 1.29 is 4.79 Å². The summed E-state index contributed by atoms with van der Waals surface area (Å²) in [7, 11) is 1.71. The minimum atomic E-state index is -0.409. The highest BCUT2D eigenvalue weighted by atomic mass is 35.5. The molecule has 2 nitrogen and oxygen atoms in total. The summed E-state index contributed by atoms with van der Waals surface area (Å²) in [5.74, 6) is 0. The van der Waals surface area contributed by atoms with E-state index in [9.17, 15) is 4.79 Å². The number of likely N-dealkylation sites (N-methyl/N-ethyl adjacent to an activating group) is 1. The molecule has 1 aromatic carbocycles. The van der Waals surface area contributed by atoms with Crippen LogP contribution >= 0.6 is 11.6 Å². The fourth-order valence-corrected chi connectivity index (χ4v) is 1.43. The van der Waals surface area contributed by atoms with Crippen molar-refractivity contribution >= 4 is 17.0 Å². The highest BCUT2D eigenvalue weighted by molar-refractivity contribution is 6.62. The first-order valence-corrected chi connectivity index (χ1v) is 4.95. The number of carbonyl (C=O) groups is 1. The van der Waals surface area contributed by atoms with Crippen LogP contribution in [0.25, 0.3) is 0 Å². The number of halogens is 1. The van der Waals surface area contributed by atoms with Gasteiger partial charge in [0.15, 0.2) is 0 Å². The van der Waals surface area contributed by atoms with Gasteiger partial charge in [0, 0.05) is 13.1 Å². The highest BCUT2D eigenvalue weighted by Gasteiger charge is 2.13. The summed E-state index contributed by atoms with van der Waals surface area (Å²) in [6.07, 6.45) is 0.829. The Hall–Kier alpha value is -1.02. The second-order valence-electron chi connectivity index (χ2n) is 3.40. The Labute approximate surface area is 89.5 Å². The summed E-state index contributed by atoms with van der Waals surface area (Å²) in [5, 5.41) is -0.409. The molecule has 0 bridgehead atoms. The van der Waals surface area contributed by atoms with Crippen molar-refractivity contribution in [2.45, 2.75) is 19.4 Å². The Kier molecular flexibility index (Phi) is 3.96. The van der Waals surface area contributed by atoms with Crippen LogP contribution in [0.3, 0.4) is 0 Å². The predicted molar refractivity (Wildman–Crippen MR) is 58.6 cm³/mol. The highest BCUT2D eigenvalue weighted by Crippen LogP contribution is 2.08. The molecule has 0 aromatic heterocycles. The number of carbonyl (C=O) groups excluding carboxylic acids is 1. The van der Waals surface area contributed by atoms with Crippen molar-refractivity contribution in [3.63, 3.8) is 0 Å². The van der Waals surface area contributed by atoms with Gasteiger partial charge >= 0.3 is 5.37 Å². The maximum atomic E-state index is 10.9. The van der Waals surface area contributed by atoms with Crippen molar-refractivity contribution in [1.82, 2.24) is 4.90 Å². The van der Waals surface area contributed by atoms with Gasteiger partial charge < -0.3 is 4.90 Å². The van der Waals surface area contributed by atoms with Crippen LogP contribution in [-0.2, 0) is 6.42 Å². The van der Waals surface area contributed by atoms with E-state index in [1.54, 1.807) is 7.05 Å². The van der Waals surface area contributed by atoms with Crippen LogP contribution in [-0.4, -0.2) is 23.4 Å². The largest absolute Gasteiger partial charge is 0.329 e. The monoisotopic (exact) mass is 211 g/mol. The van der Waals surface area contributed by atoms with E-state index in [4.69, 9.17) is 11.6 Å². The van der Waals surface area contributed by atoms with Crippen LogP contribution in [0.2, 0.25) is 0 Å². The lowest BCUT2D eigenvalue weighted by Crippen LogP contribution is -2.32. The minimum Gasteiger partial charge on any atom is -0.329 e. The Balaban J connectivity index is 2.57. The zero-order chi connectivity index (χ0) is 10.6. The first-order valence-electron chi connectivity index (χ1n) is 4.57. The average molecular weight is 212 g/mol. The van der Waals surface area contributed by atoms with Crippen molar-refractivity contribution in [2.24, 2.45) is 0 Å². The lowest BCUT2D eigenvalue weighted by atomic mass is 10.1. The first-order chi connectivity index (χ1) is 6.61. The number of hydrogen-bond acceptors (Lipinski definition) is 1. The van der Waals surface area contributed by atoms with E-state index >= 15 is 0 Å². The lowest BCUT2D eigenvalue weighted by molar-refractivity contribution is 0.217. The molecule has 1 rings (SSSR count). The third-order valence-corrected chi connectivity index (χ3v) is 2.58. The van der Waals surface area contributed by atoms with E-state index in [1.165, 1.54) is 10.5 Å². The zero-order valence-electron chi connectivity index (χ0n) is 8.40. The molecule has 0 heterocycles. The summed E-state index contributed by atoms with van der Waals surface area (Å²) in [4.78, 5) is 12.4. The number of amides is 1. The van der Waals surface area contributed by atoms with Crippen LogP contribution in [0.5, 0.6) is 0 Å². The summed E-state index contributed by atoms with van der Waals surface area (Å²) < 4.78 is 0. The fraction of sp³-hybridized carbons (Fsp3) is 0.364. The molecule has 1 amide bonds. The van der Waals surface area contributed by atoms with E-state index in [0.29, 0.717) is 0 Å². The maximum Gasteiger partial charge on any atom is 0.316 e. The standard InChI is InChI=1S/C11H14ClNO/c1-9(13(2)11(12)14)8-10-6-4-3-5-7-10/h3-7,9H,8H2,1-2H3/t9-/m0/s1. The van der Waals surface area contributed by atoms with Crippen LogP contribution < -0.4 is 0 Å². The fourth-order valence-electron chi connectivity index (χ4n) is 1.27. The molecule has 0 radical (unpaired) electrons. The van der Waals surface area contributed by atoms with Gasteiger partial charge in [0.05, 0.1) is 0 Å². The molecule has 0 aliphatic rings. The Morgan fingerprint density at radius 3 is 2.50 bits per heavy atom. The van der Waals surface area contributed by atoms with Gasteiger partial charge in [0.25, 0.3) is 0 Å². The van der Waals surface area contributed by atoms with Gasteiger partial charge in [-0.25, -0.2) is 0 Å². The van der Waals surface area contributed by atoms with Gasteiger partial charge in [-0.15, -0.1) is 0 Å². The molecule has 1 atom stereocenters. The summed E-state index contributed by atoms with van der Waals surface area (Å²) in [5.41, 5.74) is 1.21. The molecule has 0 aliphatic heterocycles. The van der Waals surface area contributed by atoms with Crippen molar-refractivity contribution in [2.75, 3.05) is 7.05 Å². The van der Waals surface area contributed by atoms with Gasteiger partial charge in [0.2, 0.25) is 0 Å². The molecule has 0 saturated carbocycles. The molecule has 76 valence electrons. The summed E-state index contributed by atoms with van der Waals surface area (Å²) in [6.45, 7) is 1.98. The smallest absolute Gasteiger partial charge is 0.316 e. The molecular formula is C11H14ClNO. The van der Waals surface area contributed by atoms with Gasteiger partial charge in [0.1, 0.15) is 0 Å². The van der Waals surface area contributed by atoms with Gasteiger partial charge in [-0.2, -0.15) is 0 Å². The number of benzene rings is 1. The van der Waals surface area contributed by atoms with Crippen LogP contribution in [0.1, 0.15) is 12.5 Å². The number of hydrogen-bond donors (Lipinski definition) is 0. The van der Waals surface area contributed by atoms with Crippen molar-refractivity contribution in [1.29, 1.82) is 0 Å². The second-order valence-corrected chi connectivity index (χ2v) is 3.73. The van der Waals surface area contributed by atoms with Crippen LogP contribution in [0.15, 0.2) is 30.3 Å². The molecule has 0 spiro atoms. The average Bonchev–Trinajstić information content (AvgIpc) is 2.18. The SMILES string of the molecule is C[C@@H](Cc1ccccc1)N(C)C(=O)Cl. The van der Waals surface area contributed by atoms with Gasteiger partial charge in [-0.1, -0.05) is 30.3 Å². The van der Waals surface area contributed by atoms with E-state index in [0.717, 1.165) is 6.42 Å². The molecule has 1 aromatic rings. The van der Waals surface area contributed by atoms with Gasteiger partial charge in [-0.05, 0) is 30.5 Å². The Morgan fingerprint density at radius 2 is 2.00 bits per heavy atom. The van der Waals surface area contributed by atoms with E-state index < -0.39 is 5.37 Å². The quantitative estimate of drug-likeness (QED) is 0.556. The molecule has 0 N–H and O–H groups in total. The van der Waals surface area contributed by atoms with E-state index in [-0.39, 0.29) is 6.04 Å². The minimum absolute atomic E-state index is 0.127. The molecule has 3 heteroatoms. The maximum absolute atomic E-state index is 10.9. The van der Waals surface area contributed by atoms with Crippen LogP contribution in [0.4, 0.5) is 4.79 Å². The molecular weight excluding hydrogens is 198 g/mol. The third kappa shape index (κ3) is 3.04. The zero-order valence-corrected chi connectivity index (χ0v) is 9.16. The predicted octanol–water partition coefficient (Wildman–Crippen LogP) is 2.91. The lowest BCUT2D eigenvalue weighted by Gasteiger charge is -2.22. The second kappa shape index (κ2) is 5.01. The van der Waals surface area contributed by atoms with E-state index in [1.807, 2.05) is 37.3 Å². The van der Waals surface area contributed by atoms with Crippen molar-refractivity contribution in [3.8, 4) is 0 Å². The summed E-state index contributed by atoms with van der Waals surface area (Å²) >= 11 is 5.38. The van der Waals surface area contributed by atoms with Crippen LogP contribution in [0, 0.1) is 0 Å². The molecule has 0 aliphatic carbocycles. The first kappa shape index (κ1) is 11.1. The van der Waals surface area contributed by atoms with E-state index in [2.05, 4.69) is 0 Å². The number of rotatable bonds is 3. The van der Waals surface area contributed by atoms with Crippen molar-refractivity contribution in [3.05, 3.63) is 35.9 Å². The normalized spacial score (nSPS) is 12.2.